The number of nitrogens with zero attached hydrogens (tertiary/aromatic N) is 4. The molecule has 0 radical (unpaired) electrons. The number of nitriles is 1. The molecule has 1 N–H and O–H groups in total. The van der Waals surface area contributed by atoms with Crippen LogP contribution in [0.25, 0.3) is 4.85 Å². The lowest BCUT2D eigenvalue weighted by atomic mass is 9.74. The highest BCUT2D eigenvalue weighted by molar-refractivity contribution is 6.05. The topological polar surface area (TPSA) is 107 Å². The standard InChI is InChI=1S/C29H29N5O4/c1-31-21-6-2-5-20(17-21)29(19-30)11-14-33(15-12-29)13-4-16-38-25-8-3-7-22-23(25)18-34(28(22)37)24-9-10-26(35)32-27(24)36/h2-3,5-8,17,24H,4,9-16,18H2,(H,32,35,36). The van der Waals surface area contributed by atoms with Gasteiger partial charge in [-0.2, -0.15) is 5.26 Å². The number of nitrogens with one attached hydrogen (secondary N) is 1. The lowest BCUT2D eigenvalue weighted by molar-refractivity contribution is -0.136. The molecule has 2 aromatic carbocycles. The highest BCUT2D eigenvalue weighted by Gasteiger charge is 2.40. The number of hydrogen-bond acceptors (Lipinski definition) is 6. The number of ether oxygens (including phenoxy) is 1. The van der Waals surface area contributed by atoms with Crippen LogP contribution >= 0.6 is 0 Å². The summed E-state index contributed by atoms with van der Waals surface area (Å²) in [6.45, 7) is 10.5. The maximum atomic E-state index is 13.0. The van der Waals surface area contributed by atoms with Crippen molar-refractivity contribution in [2.45, 2.75) is 50.1 Å². The molecular weight excluding hydrogens is 482 g/mol. The number of carbonyl (C=O) groups excluding carboxylic acids is 3. The molecule has 3 aliphatic rings. The van der Waals surface area contributed by atoms with Gasteiger partial charge in [0.1, 0.15) is 11.8 Å². The summed E-state index contributed by atoms with van der Waals surface area (Å²) < 4.78 is 6.08. The molecule has 1 atom stereocenters. The maximum absolute atomic E-state index is 13.0. The minimum absolute atomic E-state index is 0.212. The van der Waals surface area contributed by atoms with E-state index in [4.69, 9.17) is 11.3 Å². The molecule has 2 fully saturated rings. The molecule has 0 aliphatic carbocycles. The van der Waals surface area contributed by atoms with Gasteiger partial charge in [-0.25, -0.2) is 4.85 Å². The molecule has 5 rings (SSSR count). The fraction of sp³-hybridized carbons (Fsp3) is 0.414. The fourth-order valence-electron chi connectivity index (χ4n) is 5.66. The first-order valence-corrected chi connectivity index (χ1v) is 12.9. The molecule has 3 amide bonds. The third-order valence-corrected chi connectivity index (χ3v) is 7.87. The van der Waals surface area contributed by atoms with Crippen LogP contribution in [0.4, 0.5) is 5.69 Å². The van der Waals surface area contributed by atoms with Gasteiger partial charge in [-0.05, 0) is 56.5 Å². The molecule has 3 heterocycles. The average molecular weight is 512 g/mol. The van der Waals surface area contributed by atoms with Gasteiger partial charge >= 0.3 is 0 Å². The van der Waals surface area contributed by atoms with Gasteiger partial charge in [0.15, 0.2) is 5.69 Å². The zero-order valence-corrected chi connectivity index (χ0v) is 21.1. The van der Waals surface area contributed by atoms with Crippen molar-refractivity contribution in [1.82, 2.24) is 15.1 Å². The van der Waals surface area contributed by atoms with Crippen LogP contribution in [0.15, 0.2) is 42.5 Å². The Kier molecular flexibility index (Phi) is 7.13. The Hall–Kier alpha value is -4.21. The third-order valence-electron chi connectivity index (χ3n) is 7.87. The second-order valence-electron chi connectivity index (χ2n) is 10.1. The van der Waals surface area contributed by atoms with E-state index in [1.807, 2.05) is 24.3 Å². The van der Waals surface area contributed by atoms with Crippen molar-refractivity contribution < 1.29 is 19.1 Å². The number of piperidine rings is 2. The molecule has 2 saturated heterocycles. The van der Waals surface area contributed by atoms with E-state index in [2.05, 4.69) is 21.1 Å². The summed E-state index contributed by atoms with van der Waals surface area (Å²) >= 11 is 0. The molecule has 38 heavy (non-hydrogen) atoms. The number of rotatable bonds is 7. The zero-order valence-electron chi connectivity index (χ0n) is 21.1. The van der Waals surface area contributed by atoms with Gasteiger partial charge in [0.05, 0.1) is 31.2 Å². The van der Waals surface area contributed by atoms with Crippen molar-refractivity contribution >= 4 is 23.4 Å². The number of carbonyl (C=O) groups is 3. The van der Waals surface area contributed by atoms with Crippen molar-refractivity contribution in [2.75, 3.05) is 26.2 Å². The molecule has 0 spiro atoms. The number of hydrogen-bond donors (Lipinski definition) is 1. The monoisotopic (exact) mass is 511 g/mol. The van der Waals surface area contributed by atoms with E-state index in [1.54, 1.807) is 18.2 Å². The van der Waals surface area contributed by atoms with Crippen LogP contribution in [0.3, 0.4) is 0 Å². The van der Waals surface area contributed by atoms with E-state index >= 15 is 0 Å². The summed E-state index contributed by atoms with van der Waals surface area (Å²) in [5.41, 5.74) is 2.25. The van der Waals surface area contributed by atoms with Crippen LogP contribution < -0.4 is 10.1 Å². The summed E-state index contributed by atoms with van der Waals surface area (Å²) in [5.74, 6) is -0.296. The van der Waals surface area contributed by atoms with E-state index in [0.717, 1.165) is 50.0 Å². The first-order chi connectivity index (χ1) is 18.4. The van der Waals surface area contributed by atoms with Gasteiger partial charge in [0.25, 0.3) is 5.91 Å². The third kappa shape index (κ3) is 4.85. The largest absolute Gasteiger partial charge is 0.493 e. The van der Waals surface area contributed by atoms with Crippen LogP contribution in [0, 0.1) is 17.9 Å². The summed E-state index contributed by atoms with van der Waals surface area (Å²) in [5, 5.41) is 12.3. The first-order valence-electron chi connectivity index (χ1n) is 12.9. The summed E-state index contributed by atoms with van der Waals surface area (Å²) in [4.78, 5) is 44.2. The average Bonchev–Trinajstić information content (AvgIpc) is 3.28. The number of benzene rings is 2. The first kappa shape index (κ1) is 25.4. The second-order valence-corrected chi connectivity index (χ2v) is 10.1. The van der Waals surface area contributed by atoms with Crippen LogP contribution in [0.2, 0.25) is 0 Å². The normalized spacial score (nSPS) is 20.8. The SMILES string of the molecule is [C-]#[N+]c1cccc(C2(C#N)CCN(CCCOc3cccc4c3CN(C3CCC(=O)NC3=O)C4=O)CC2)c1. The molecule has 0 aromatic heterocycles. The van der Waals surface area contributed by atoms with E-state index in [1.165, 1.54) is 4.90 Å². The molecule has 9 nitrogen and oxygen atoms in total. The highest BCUT2D eigenvalue weighted by Crippen LogP contribution is 2.37. The van der Waals surface area contributed by atoms with Crippen LogP contribution in [0.1, 0.15) is 53.6 Å². The van der Waals surface area contributed by atoms with Gasteiger partial charge in [0, 0.05) is 24.1 Å². The molecular formula is C29H29N5O4. The maximum Gasteiger partial charge on any atom is 0.255 e. The quantitative estimate of drug-likeness (QED) is 0.347. The fourth-order valence-corrected chi connectivity index (χ4v) is 5.66. The van der Waals surface area contributed by atoms with Crippen molar-refractivity contribution in [1.29, 1.82) is 5.26 Å². The molecule has 2 aromatic rings. The van der Waals surface area contributed by atoms with Crippen molar-refractivity contribution in [3.05, 3.63) is 70.6 Å². The molecule has 0 saturated carbocycles. The van der Waals surface area contributed by atoms with E-state index in [9.17, 15) is 19.6 Å². The zero-order chi connectivity index (χ0) is 26.7. The smallest absolute Gasteiger partial charge is 0.255 e. The van der Waals surface area contributed by atoms with Crippen molar-refractivity contribution in [3.8, 4) is 11.8 Å². The minimum Gasteiger partial charge on any atom is -0.493 e. The number of amides is 3. The lowest BCUT2D eigenvalue weighted by Gasteiger charge is -2.37. The Bertz CT molecular complexity index is 1350. The van der Waals surface area contributed by atoms with Gasteiger partial charge in [-0.1, -0.05) is 30.3 Å². The molecule has 194 valence electrons. The van der Waals surface area contributed by atoms with E-state index in [-0.39, 0.29) is 24.8 Å². The van der Waals surface area contributed by atoms with Gasteiger partial charge in [-0.15, -0.1) is 0 Å². The minimum atomic E-state index is -0.649. The second kappa shape index (κ2) is 10.6. The lowest BCUT2D eigenvalue weighted by Crippen LogP contribution is -2.52. The van der Waals surface area contributed by atoms with Crippen molar-refractivity contribution in [3.63, 3.8) is 0 Å². The van der Waals surface area contributed by atoms with Crippen LogP contribution in [-0.4, -0.2) is 59.8 Å². The van der Waals surface area contributed by atoms with E-state index in [0.29, 0.717) is 30.0 Å². The van der Waals surface area contributed by atoms with Crippen LogP contribution in [0.5, 0.6) is 5.75 Å². The van der Waals surface area contributed by atoms with Gasteiger partial charge < -0.3 is 14.5 Å². The molecule has 0 bridgehead atoms. The predicted octanol–water partition coefficient (Wildman–Crippen LogP) is 3.32. The van der Waals surface area contributed by atoms with Gasteiger partial charge in [0.2, 0.25) is 11.8 Å². The molecule has 1 unspecified atom stereocenters. The Morgan fingerprint density at radius 3 is 2.68 bits per heavy atom. The molecule has 9 heteroatoms. The van der Waals surface area contributed by atoms with Crippen molar-refractivity contribution in [2.24, 2.45) is 0 Å². The Morgan fingerprint density at radius 1 is 1.16 bits per heavy atom. The Morgan fingerprint density at radius 2 is 1.95 bits per heavy atom. The summed E-state index contributed by atoms with van der Waals surface area (Å²) in [6, 6.07) is 14.7. The summed E-state index contributed by atoms with van der Waals surface area (Å²) in [7, 11) is 0. The number of imide groups is 1. The Labute approximate surface area is 221 Å². The molecule has 3 aliphatic heterocycles. The van der Waals surface area contributed by atoms with Crippen LogP contribution in [-0.2, 0) is 21.5 Å². The highest BCUT2D eigenvalue weighted by atomic mass is 16.5. The summed E-state index contributed by atoms with van der Waals surface area (Å²) in [6.07, 6.45) is 2.78. The van der Waals surface area contributed by atoms with E-state index < -0.39 is 17.4 Å². The number of likely N-dealkylation sites (tertiary alicyclic amines) is 1. The predicted molar refractivity (Wildman–Crippen MR) is 138 cm³/mol. The number of fused-ring (bicyclic) bond motifs is 1. The van der Waals surface area contributed by atoms with Gasteiger partial charge in [-0.3, -0.25) is 19.7 Å². The Balaban J connectivity index is 1.14.